The fourth-order valence-electron chi connectivity index (χ4n) is 2.40. The van der Waals surface area contributed by atoms with Crippen LogP contribution >= 0.6 is 34.7 Å². The first-order chi connectivity index (χ1) is 12.1. The van der Waals surface area contributed by atoms with Gasteiger partial charge in [-0.1, -0.05) is 22.9 Å². The number of methoxy groups -OCH3 is 1. The lowest BCUT2D eigenvalue weighted by Crippen LogP contribution is -2.18. The summed E-state index contributed by atoms with van der Waals surface area (Å²) in [6.45, 7) is 0.779. The zero-order chi connectivity index (χ0) is 17.8. The van der Waals surface area contributed by atoms with E-state index in [1.165, 1.54) is 11.3 Å². The third kappa shape index (κ3) is 4.08. The lowest BCUT2D eigenvalue weighted by molar-refractivity contribution is 0.0998. The van der Waals surface area contributed by atoms with Crippen molar-refractivity contribution in [2.45, 2.75) is 6.54 Å². The van der Waals surface area contributed by atoms with Crippen molar-refractivity contribution in [3.63, 3.8) is 0 Å². The first kappa shape index (κ1) is 18.0. The van der Waals surface area contributed by atoms with E-state index >= 15 is 0 Å². The number of aromatic nitrogens is 1. The first-order valence-corrected chi connectivity index (χ1v) is 10.2. The van der Waals surface area contributed by atoms with Gasteiger partial charge < -0.3 is 9.30 Å². The van der Waals surface area contributed by atoms with Gasteiger partial charge in [-0.2, -0.15) is 16.8 Å². The summed E-state index contributed by atoms with van der Waals surface area (Å²) in [6, 6.07) is 12.7. The van der Waals surface area contributed by atoms with Crippen LogP contribution in [0.25, 0.3) is 10.2 Å². The number of aryl methyl sites for hydroxylation is 1. The van der Waals surface area contributed by atoms with Crippen molar-refractivity contribution >= 4 is 50.8 Å². The molecule has 0 aliphatic heterocycles. The number of amides is 1. The summed E-state index contributed by atoms with van der Waals surface area (Å²) in [5.74, 6) is 1.46. The van der Waals surface area contributed by atoms with Gasteiger partial charge in [-0.25, -0.2) is 0 Å². The molecule has 3 rings (SSSR count). The molecular weight excluding hydrogens is 376 g/mol. The van der Waals surface area contributed by atoms with E-state index in [0.717, 1.165) is 28.3 Å². The number of fused-ring (bicyclic) bond motifs is 1. The van der Waals surface area contributed by atoms with Crippen LogP contribution in [0.2, 0.25) is 5.02 Å². The number of hydrogen-bond donors (Lipinski definition) is 0. The molecule has 0 spiro atoms. The Morgan fingerprint density at radius 1 is 1.28 bits per heavy atom. The molecule has 1 heterocycles. The molecule has 2 aromatic carbocycles. The highest BCUT2D eigenvalue weighted by molar-refractivity contribution is 7.98. The third-order valence-corrected chi connectivity index (χ3v) is 5.60. The minimum absolute atomic E-state index is 0.270. The Balaban J connectivity index is 2.09. The molecule has 130 valence electrons. The standard InChI is InChI=1S/C18H17ClN2O2S2/c1-23-14-7-8-16-15(11-14)21(9-10-24-2)18(25-16)20-17(22)12-3-5-13(19)6-4-12/h3-8,11H,9-10H2,1-2H3. The smallest absolute Gasteiger partial charge is 0.279 e. The minimum Gasteiger partial charge on any atom is -0.497 e. The molecule has 0 atom stereocenters. The SMILES string of the molecule is COc1ccc2sc(=NC(=O)c3ccc(Cl)cc3)n(CCSC)c2c1. The second kappa shape index (κ2) is 8.08. The van der Waals surface area contributed by atoms with Gasteiger partial charge in [0.1, 0.15) is 5.75 Å². The number of carbonyl (C=O) groups is 1. The van der Waals surface area contributed by atoms with E-state index in [4.69, 9.17) is 16.3 Å². The van der Waals surface area contributed by atoms with Crippen molar-refractivity contribution in [2.75, 3.05) is 19.1 Å². The Morgan fingerprint density at radius 2 is 2.04 bits per heavy atom. The predicted molar refractivity (Wildman–Crippen MR) is 106 cm³/mol. The Morgan fingerprint density at radius 3 is 2.72 bits per heavy atom. The Kier molecular flexibility index (Phi) is 5.83. The number of carbonyl (C=O) groups excluding carboxylic acids is 1. The second-order valence-electron chi connectivity index (χ2n) is 5.29. The fraction of sp³-hybridized carbons (Fsp3) is 0.222. The largest absolute Gasteiger partial charge is 0.497 e. The van der Waals surface area contributed by atoms with Crippen LogP contribution in [0.4, 0.5) is 0 Å². The Bertz CT molecular complexity index is 961. The van der Waals surface area contributed by atoms with Crippen molar-refractivity contribution < 1.29 is 9.53 Å². The number of hydrogen-bond acceptors (Lipinski definition) is 4. The van der Waals surface area contributed by atoms with Crippen LogP contribution in [-0.2, 0) is 6.54 Å². The van der Waals surface area contributed by atoms with E-state index < -0.39 is 0 Å². The normalized spacial score (nSPS) is 11.9. The third-order valence-electron chi connectivity index (χ3n) is 3.70. The number of halogens is 1. The fourth-order valence-corrected chi connectivity index (χ4v) is 3.93. The minimum atomic E-state index is -0.270. The van der Waals surface area contributed by atoms with Crippen molar-refractivity contribution in [1.29, 1.82) is 0 Å². The van der Waals surface area contributed by atoms with E-state index in [-0.39, 0.29) is 5.91 Å². The predicted octanol–water partition coefficient (Wildman–Crippen LogP) is 4.47. The zero-order valence-corrected chi connectivity index (χ0v) is 16.2. The monoisotopic (exact) mass is 392 g/mol. The molecule has 0 N–H and O–H groups in total. The lowest BCUT2D eigenvalue weighted by atomic mass is 10.2. The maximum atomic E-state index is 12.5. The number of rotatable bonds is 5. The maximum Gasteiger partial charge on any atom is 0.279 e. The van der Waals surface area contributed by atoms with Crippen molar-refractivity contribution in [3.8, 4) is 5.75 Å². The van der Waals surface area contributed by atoms with Gasteiger partial charge in [0, 0.05) is 29.0 Å². The zero-order valence-electron chi connectivity index (χ0n) is 13.9. The molecule has 0 saturated heterocycles. The maximum absolute atomic E-state index is 12.5. The molecule has 0 radical (unpaired) electrons. The van der Waals surface area contributed by atoms with Crippen molar-refractivity contribution in [3.05, 3.63) is 57.9 Å². The van der Waals surface area contributed by atoms with Crippen molar-refractivity contribution in [2.24, 2.45) is 4.99 Å². The molecule has 0 bridgehead atoms. The van der Waals surface area contributed by atoms with Gasteiger partial charge in [0.25, 0.3) is 5.91 Å². The van der Waals surface area contributed by atoms with Crippen LogP contribution in [0.5, 0.6) is 5.75 Å². The van der Waals surface area contributed by atoms with Crippen LogP contribution in [0, 0.1) is 0 Å². The van der Waals surface area contributed by atoms with Gasteiger partial charge in [0.2, 0.25) is 0 Å². The van der Waals surface area contributed by atoms with E-state index in [9.17, 15) is 4.79 Å². The first-order valence-electron chi connectivity index (χ1n) is 7.63. The molecule has 1 amide bonds. The van der Waals surface area contributed by atoms with E-state index in [1.807, 2.05) is 18.2 Å². The van der Waals surface area contributed by atoms with Crippen LogP contribution in [0.1, 0.15) is 10.4 Å². The van der Waals surface area contributed by atoms with Crippen LogP contribution in [0.3, 0.4) is 0 Å². The number of benzene rings is 2. The van der Waals surface area contributed by atoms with Gasteiger partial charge in [0.05, 0.1) is 17.3 Å². The molecule has 0 aliphatic carbocycles. The summed E-state index contributed by atoms with van der Waals surface area (Å²) in [5.41, 5.74) is 1.55. The Hall–Kier alpha value is -1.76. The molecule has 4 nitrogen and oxygen atoms in total. The van der Waals surface area contributed by atoms with Gasteiger partial charge in [-0.15, -0.1) is 0 Å². The molecule has 0 unspecified atom stereocenters. The van der Waals surface area contributed by atoms with E-state index in [2.05, 4.69) is 15.8 Å². The summed E-state index contributed by atoms with van der Waals surface area (Å²) in [7, 11) is 1.65. The Labute approximate surface area is 159 Å². The molecule has 0 saturated carbocycles. The highest BCUT2D eigenvalue weighted by Gasteiger charge is 2.10. The molecule has 0 fully saturated rings. The highest BCUT2D eigenvalue weighted by atomic mass is 35.5. The second-order valence-corrected chi connectivity index (χ2v) is 7.72. The highest BCUT2D eigenvalue weighted by Crippen LogP contribution is 2.23. The molecule has 1 aromatic heterocycles. The van der Waals surface area contributed by atoms with Crippen molar-refractivity contribution in [1.82, 2.24) is 4.57 Å². The van der Waals surface area contributed by atoms with Gasteiger partial charge >= 0.3 is 0 Å². The summed E-state index contributed by atoms with van der Waals surface area (Å²) in [5, 5.41) is 0.598. The van der Waals surface area contributed by atoms with Crippen LogP contribution in [-0.4, -0.2) is 29.6 Å². The number of nitrogens with zero attached hydrogens (tertiary/aromatic N) is 2. The average molecular weight is 393 g/mol. The topological polar surface area (TPSA) is 43.6 Å². The van der Waals surface area contributed by atoms with Gasteiger partial charge in [-0.3, -0.25) is 4.79 Å². The van der Waals surface area contributed by atoms with Crippen LogP contribution < -0.4 is 9.54 Å². The molecule has 25 heavy (non-hydrogen) atoms. The molecule has 7 heteroatoms. The number of ether oxygens (including phenoxy) is 1. The summed E-state index contributed by atoms with van der Waals surface area (Å²) >= 11 is 9.14. The van der Waals surface area contributed by atoms with E-state index in [1.54, 1.807) is 43.1 Å². The van der Waals surface area contributed by atoms with Gasteiger partial charge in [-0.05, 0) is 42.7 Å². The quantitative estimate of drug-likeness (QED) is 0.643. The molecule has 0 aliphatic rings. The average Bonchev–Trinajstić information content (AvgIpc) is 2.96. The lowest BCUT2D eigenvalue weighted by Gasteiger charge is -2.05. The molecule has 3 aromatic rings. The summed E-state index contributed by atoms with van der Waals surface area (Å²) in [6.07, 6.45) is 2.06. The summed E-state index contributed by atoms with van der Waals surface area (Å²) < 4.78 is 8.48. The summed E-state index contributed by atoms with van der Waals surface area (Å²) in [4.78, 5) is 17.6. The van der Waals surface area contributed by atoms with Gasteiger partial charge in [0.15, 0.2) is 4.80 Å². The molecular formula is C18H17ClN2O2S2. The van der Waals surface area contributed by atoms with E-state index in [0.29, 0.717) is 15.4 Å². The number of thiazole rings is 1. The van der Waals surface area contributed by atoms with Crippen LogP contribution in [0.15, 0.2) is 47.5 Å². The number of thioether (sulfide) groups is 1.